The topological polar surface area (TPSA) is 49.9 Å². The fourth-order valence-electron chi connectivity index (χ4n) is 4.50. The van der Waals surface area contributed by atoms with Gasteiger partial charge in [-0.05, 0) is 56.2 Å². The second-order valence-electron chi connectivity index (χ2n) is 8.33. The molecule has 1 aromatic carbocycles. The molecule has 1 aromatic rings. The van der Waals surface area contributed by atoms with E-state index in [-0.39, 0.29) is 6.10 Å². The first-order chi connectivity index (χ1) is 13.6. The van der Waals surface area contributed by atoms with Gasteiger partial charge in [-0.15, -0.1) is 0 Å². The van der Waals surface area contributed by atoms with Crippen molar-refractivity contribution < 1.29 is 13.2 Å². The molecule has 0 radical (unpaired) electrons. The molecule has 1 aliphatic carbocycles. The molecule has 154 valence electrons. The number of methoxy groups -OCH3 is 1. The summed E-state index contributed by atoms with van der Waals surface area (Å²) in [6.45, 7) is 3.40. The van der Waals surface area contributed by atoms with E-state index in [1.807, 2.05) is 12.1 Å². The lowest BCUT2D eigenvalue weighted by molar-refractivity contribution is 0.0604. The Labute approximate surface area is 169 Å². The lowest BCUT2D eigenvalue weighted by atomic mass is 9.89. The fourth-order valence-corrected chi connectivity index (χ4v) is 5.97. The van der Waals surface area contributed by atoms with Crippen LogP contribution in [0.15, 0.2) is 34.7 Å². The maximum Gasteiger partial charge on any atom is 0.243 e. The number of nitrogens with zero attached hydrogens (tertiary/aromatic N) is 2. The van der Waals surface area contributed by atoms with Crippen LogP contribution in [0.1, 0.15) is 50.5 Å². The summed E-state index contributed by atoms with van der Waals surface area (Å²) in [5.74, 6) is 0. The Bertz CT molecular complexity index is 782. The van der Waals surface area contributed by atoms with Crippen LogP contribution in [0.25, 0.3) is 6.08 Å². The lowest BCUT2D eigenvalue weighted by Gasteiger charge is -2.40. The molecule has 1 saturated carbocycles. The molecule has 5 nitrogen and oxygen atoms in total. The Morgan fingerprint density at radius 1 is 0.964 bits per heavy atom. The van der Waals surface area contributed by atoms with E-state index in [0.717, 1.165) is 37.3 Å². The first kappa shape index (κ1) is 20.1. The van der Waals surface area contributed by atoms with Gasteiger partial charge in [0.1, 0.15) is 0 Å². The summed E-state index contributed by atoms with van der Waals surface area (Å²) in [7, 11) is -1.71. The number of benzene rings is 1. The van der Waals surface area contributed by atoms with Crippen molar-refractivity contribution in [3.63, 3.8) is 0 Å². The van der Waals surface area contributed by atoms with Crippen LogP contribution in [0.4, 0.5) is 0 Å². The van der Waals surface area contributed by atoms with Gasteiger partial charge in [0, 0.05) is 39.3 Å². The molecule has 0 bridgehead atoms. The molecular weight excluding hydrogens is 372 g/mol. The number of ether oxygens (including phenoxy) is 1. The number of hydrogen-bond donors (Lipinski definition) is 0. The largest absolute Gasteiger partial charge is 0.381 e. The van der Waals surface area contributed by atoms with E-state index < -0.39 is 10.0 Å². The zero-order valence-electron chi connectivity index (χ0n) is 16.8. The highest BCUT2D eigenvalue weighted by molar-refractivity contribution is 7.89. The van der Waals surface area contributed by atoms with Gasteiger partial charge in [0.05, 0.1) is 11.0 Å². The Hall–Kier alpha value is -1.21. The third-order valence-corrected chi connectivity index (χ3v) is 8.57. The molecule has 3 fully saturated rings. The second kappa shape index (κ2) is 8.66. The summed E-state index contributed by atoms with van der Waals surface area (Å²) >= 11 is 0. The minimum Gasteiger partial charge on any atom is -0.381 e. The number of hydrogen-bond acceptors (Lipinski definition) is 4. The molecular formula is C22H32N2O3S. The highest BCUT2D eigenvalue weighted by Gasteiger charge is 2.29. The number of sulfonamides is 1. The van der Waals surface area contributed by atoms with Crippen molar-refractivity contribution >= 4 is 16.1 Å². The molecule has 0 unspecified atom stereocenters. The van der Waals surface area contributed by atoms with E-state index in [1.54, 1.807) is 23.5 Å². The van der Waals surface area contributed by atoms with Crippen molar-refractivity contribution in [2.75, 3.05) is 33.3 Å². The summed E-state index contributed by atoms with van der Waals surface area (Å²) in [5.41, 5.74) is 2.58. The van der Waals surface area contributed by atoms with Crippen molar-refractivity contribution in [1.29, 1.82) is 0 Å². The molecule has 4 rings (SSSR count). The van der Waals surface area contributed by atoms with Gasteiger partial charge in [-0.1, -0.05) is 30.2 Å². The van der Waals surface area contributed by atoms with Gasteiger partial charge in [0.2, 0.25) is 10.0 Å². The second-order valence-corrected chi connectivity index (χ2v) is 10.3. The molecule has 6 heteroatoms. The van der Waals surface area contributed by atoms with Gasteiger partial charge in [-0.2, -0.15) is 4.31 Å². The van der Waals surface area contributed by atoms with Gasteiger partial charge in [0.25, 0.3) is 0 Å². The minimum atomic E-state index is -3.41. The maximum absolute atomic E-state index is 12.9. The zero-order valence-corrected chi connectivity index (χ0v) is 17.7. The zero-order chi connectivity index (χ0) is 19.6. The Kier molecular flexibility index (Phi) is 6.21. The summed E-state index contributed by atoms with van der Waals surface area (Å²) in [6, 6.07) is 8.24. The minimum absolute atomic E-state index is 0.177. The van der Waals surface area contributed by atoms with Crippen LogP contribution in [0.5, 0.6) is 0 Å². The van der Waals surface area contributed by atoms with Gasteiger partial charge in [-0.3, -0.25) is 4.90 Å². The molecule has 0 amide bonds. The molecule has 2 saturated heterocycles. The van der Waals surface area contributed by atoms with Crippen molar-refractivity contribution in [2.24, 2.45) is 0 Å². The average Bonchev–Trinajstić information content (AvgIpc) is 2.68. The number of piperidine rings is 2. The highest BCUT2D eigenvalue weighted by Crippen LogP contribution is 2.29. The van der Waals surface area contributed by atoms with Crippen LogP contribution in [0.3, 0.4) is 0 Å². The van der Waals surface area contributed by atoms with Crippen LogP contribution in [-0.4, -0.2) is 63.1 Å². The normalized spacial score (nSPS) is 23.5. The van der Waals surface area contributed by atoms with Gasteiger partial charge >= 0.3 is 0 Å². The van der Waals surface area contributed by atoms with Crippen molar-refractivity contribution in [2.45, 2.75) is 62.0 Å². The summed E-state index contributed by atoms with van der Waals surface area (Å²) in [5, 5.41) is 0. The first-order valence-corrected chi connectivity index (χ1v) is 12.1. The van der Waals surface area contributed by atoms with E-state index in [2.05, 4.69) is 11.0 Å². The molecule has 2 heterocycles. The molecule has 0 spiro atoms. The Morgan fingerprint density at radius 2 is 1.61 bits per heavy atom. The fraction of sp³-hybridized carbons (Fsp3) is 0.636. The number of likely N-dealkylation sites (tertiary alicyclic amines) is 1. The van der Waals surface area contributed by atoms with E-state index in [9.17, 15) is 8.42 Å². The third kappa shape index (κ3) is 4.35. The average molecular weight is 405 g/mol. The Morgan fingerprint density at radius 3 is 2.14 bits per heavy atom. The van der Waals surface area contributed by atoms with Gasteiger partial charge < -0.3 is 4.74 Å². The molecule has 0 aromatic heterocycles. The summed E-state index contributed by atoms with van der Waals surface area (Å²) in [6.07, 6.45) is 10.3. The van der Waals surface area contributed by atoms with Crippen molar-refractivity contribution in [3.05, 3.63) is 35.4 Å². The standard InChI is InChI=1S/C22H32N2O3S/c1-27-21-11-15-24(16-12-21)28(25,26)22-7-5-18(6-8-22)17-19-9-13-23(14-10-19)20-3-2-4-20/h5-8,17,20-21H,2-4,9-16H2,1H3. The summed E-state index contributed by atoms with van der Waals surface area (Å²) < 4.78 is 32.7. The lowest BCUT2D eigenvalue weighted by Crippen LogP contribution is -2.43. The van der Waals surface area contributed by atoms with Crippen LogP contribution < -0.4 is 0 Å². The molecule has 3 aliphatic rings. The monoisotopic (exact) mass is 404 g/mol. The van der Waals surface area contributed by atoms with Crippen LogP contribution in [0.2, 0.25) is 0 Å². The molecule has 28 heavy (non-hydrogen) atoms. The van der Waals surface area contributed by atoms with E-state index >= 15 is 0 Å². The smallest absolute Gasteiger partial charge is 0.243 e. The maximum atomic E-state index is 12.9. The van der Waals surface area contributed by atoms with Crippen LogP contribution in [0, 0.1) is 0 Å². The predicted molar refractivity (Wildman–Crippen MR) is 112 cm³/mol. The molecule has 0 N–H and O–H groups in total. The quantitative estimate of drug-likeness (QED) is 0.753. The van der Waals surface area contributed by atoms with E-state index in [1.165, 1.54) is 37.9 Å². The summed E-state index contributed by atoms with van der Waals surface area (Å²) in [4.78, 5) is 3.04. The van der Waals surface area contributed by atoms with Gasteiger partial charge in [-0.25, -0.2) is 8.42 Å². The predicted octanol–water partition coefficient (Wildman–Crippen LogP) is 3.52. The van der Waals surface area contributed by atoms with Crippen LogP contribution >= 0.6 is 0 Å². The first-order valence-electron chi connectivity index (χ1n) is 10.6. The number of rotatable bonds is 5. The SMILES string of the molecule is COC1CCN(S(=O)(=O)c2ccc(C=C3CCN(C4CCC4)CC3)cc2)CC1. The molecule has 2 aliphatic heterocycles. The van der Waals surface area contributed by atoms with Gasteiger partial charge in [0.15, 0.2) is 0 Å². The Balaban J connectivity index is 1.37. The van der Waals surface area contributed by atoms with Crippen LogP contribution in [-0.2, 0) is 14.8 Å². The van der Waals surface area contributed by atoms with E-state index in [0.29, 0.717) is 18.0 Å². The highest BCUT2D eigenvalue weighted by atomic mass is 32.2. The third-order valence-electron chi connectivity index (χ3n) is 6.65. The van der Waals surface area contributed by atoms with Crippen molar-refractivity contribution in [1.82, 2.24) is 9.21 Å². The molecule has 0 atom stereocenters. The van der Waals surface area contributed by atoms with Crippen molar-refractivity contribution in [3.8, 4) is 0 Å². The van der Waals surface area contributed by atoms with E-state index in [4.69, 9.17) is 4.74 Å².